The molecule has 4 aromatic rings. The van der Waals surface area contributed by atoms with Gasteiger partial charge in [-0.25, -0.2) is 13.8 Å². The van der Waals surface area contributed by atoms with Gasteiger partial charge in [-0.3, -0.25) is 9.78 Å². The summed E-state index contributed by atoms with van der Waals surface area (Å²) in [4.78, 5) is 4.48. The van der Waals surface area contributed by atoms with Crippen molar-refractivity contribution in [3.05, 3.63) is 40.6 Å². The van der Waals surface area contributed by atoms with Crippen LogP contribution in [0.1, 0.15) is 12.1 Å². The summed E-state index contributed by atoms with van der Waals surface area (Å²) in [6.45, 7) is 0. The molecular formula is C17H14BrF2N7OS2. The van der Waals surface area contributed by atoms with Crippen LogP contribution in [0.25, 0.3) is 22.8 Å². The van der Waals surface area contributed by atoms with Crippen LogP contribution in [0.2, 0.25) is 0 Å². The van der Waals surface area contributed by atoms with E-state index in [-0.39, 0.29) is 17.1 Å². The lowest BCUT2D eigenvalue weighted by Gasteiger charge is -1.98. The van der Waals surface area contributed by atoms with Crippen LogP contribution in [0.15, 0.2) is 49.7 Å². The van der Waals surface area contributed by atoms with Gasteiger partial charge in [0.2, 0.25) is 5.16 Å². The van der Waals surface area contributed by atoms with Crippen molar-refractivity contribution >= 4 is 39.5 Å². The molecule has 0 amide bonds. The third kappa shape index (κ3) is 4.73. The summed E-state index contributed by atoms with van der Waals surface area (Å²) in [5.41, 5.74) is 0.698. The Morgan fingerprint density at radius 3 is 2.77 bits per heavy atom. The van der Waals surface area contributed by atoms with Crippen molar-refractivity contribution in [2.24, 2.45) is 7.05 Å². The predicted octanol–water partition coefficient (Wildman–Crippen LogP) is 4.84. The minimum absolute atomic E-state index is 0.0283. The molecule has 30 heavy (non-hydrogen) atoms. The monoisotopic (exact) mass is 513 g/mol. The minimum Gasteiger partial charge on any atom is -0.411 e. The molecule has 0 atom stereocenters. The number of alkyl halides is 2. The van der Waals surface area contributed by atoms with E-state index in [1.54, 1.807) is 7.05 Å². The molecule has 0 aliphatic heterocycles. The van der Waals surface area contributed by atoms with Gasteiger partial charge in [-0.05, 0) is 6.07 Å². The molecule has 4 rings (SSSR count). The smallest absolute Gasteiger partial charge is 0.282 e. The Kier molecular flexibility index (Phi) is 6.49. The average molecular weight is 514 g/mol. The number of thioether (sulfide) groups is 2. The van der Waals surface area contributed by atoms with Crippen LogP contribution in [0.4, 0.5) is 8.78 Å². The van der Waals surface area contributed by atoms with Gasteiger partial charge >= 0.3 is 0 Å². The highest BCUT2D eigenvalue weighted by Gasteiger charge is 2.23. The lowest BCUT2D eigenvalue weighted by atomic mass is 10.2. The number of aromatic nitrogens is 7. The maximum atomic E-state index is 13.1. The summed E-state index contributed by atoms with van der Waals surface area (Å²) < 4.78 is 33.9. The van der Waals surface area contributed by atoms with Crippen LogP contribution in [0.3, 0.4) is 0 Å². The van der Waals surface area contributed by atoms with Gasteiger partial charge in [0.1, 0.15) is 5.69 Å². The summed E-state index contributed by atoms with van der Waals surface area (Å²) in [6.07, 6.45) is -1.28. The molecule has 0 fully saturated rings. The molecule has 1 aromatic carbocycles. The molecule has 0 radical (unpaired) electrons. The highest BCUT2D eigenvalue weighted by molar-refractivity contribution is 9.10. The van der Waals surface area contributed by atoms with Gasteiger partial charge in [-0.15, -0.1) is 15.3 Å². The van der Waals surface area contributed by atoms with E-state index < -0.39 is 6.43 Å². The van der Waals surface area contributed by atoms with E-state index in [1.165, 1.54) is 34.4 Å². The van der Waals surface area contributed by atoms with Crippen molar-refractivity contribution in [2.45, 2.75) is 16.8 Å². The van der Waals surface area contributed by atoms with Crippen molar-refractivity contribution in [1.82, 2.24) is 35.2 Å². The van der Waals surface area contributed by atoms with Crippen LogP contribution < -0.4 is 0 Å². The first kappa shape index (κ1) is 21.0. The van der Waals surface area contributed by atoms with Crippen molar-refractivity contribution in [3.63, 3.8) is 0 Å². The maximum absolute atomic E-state index is 13.1. The number of benzene rings is 1. The molecule has 0 aliphatic rings. The molecule has 0 aliphatic carbocycles. The fourth-order valence-corrected chi connectivity index (χ4v) is 4.55. The van der Waals surface area contributed by atoms with Crippen molar-refractivity contribution in [1.29, 1.82) is 0 Å². The maximum Gasteiger partial charge on any atom is 0.282 e. The Bertz CT molecular complexity index is 1150. The summed E-state index contributed by atoms with van der Waals surface area (Å²) in [5.74, 6) is 2.07. The molecule has 0 unspecified atom stereocenters. The molecule has 0 saturated heterocycles. The van der Waals surface area contributed by atoms with Crippen molar-refractivity contribution < 1.29 is 13.2 Å². The zero-order chi connectivity index (χ0) is 21.1. The van der Waals surface area contributed by atoms with E-state index in [4.69, 9.17) is 4.42 Å². The summed E-state index contributed by atoms with van der Waals surface area (Å²) in [5, 5.41) is 19.6. The Morgan fingerprint density at radius 2 is 1.97 bits per heavy atom. The Hall–Kier alpha value is -2.25. The van der Waals surface area contributed by atoms with Crippen LogP contribution in [0, 0.1) is 0 Å². The van der Waals surface area contributed by atoms with E-state index in [0.29, 0.717) is 27.7 Å². The lowest BCUT2D eigenvalue weighted by molar-refractivity contribution is 0.145. The molecule has 0 bridgehead atoms. The van der Waals surface area contributed by atoms with Crippen LogP contribution in [0.5, 0.6) is 0 Å². The summed E-state index contributed by atoms with van der Waals surface area (Å²) in [6, 6.07) is 7.75. The van der Waals surface area contributed by atoms with Gasteiger partial charge in [0.05, 0.1) is 5.56 Å². The number of nitrogens with one attached hydrogen (secondary N) is 1. The number of halogens is 3. The second-order valence-electron chi connectivity index (χ2n) is 5.92. The van der Waals surface area contributed by atoms with Gasteiger partial charge in [-0.1, -0.05) is 57.7 Å². The topological polar surface area (TPSA) is 98.3 Å². The number of H-pyrrole nitrogens is 1. The second-order valence-corrected chi connectivity index (χ2v) is 8.88. The SMILES string of the molecule is Cn1cc(-c2nnc(SCCSc3n[nH]c(-c4ccccc4Br)n3)o2)c(C(F)F)n1. The Balaban J connectivity index is 1.32. The first-order chi connectivity index (χ1) is 14.5. The lowest BCUT2D eigenvalue weighted by Crippen LogP contribution is -1.91. The van der Waals surface area contributed by atoms with Crippen LogP contribution in [-0.2, 0) is 7.05 Å². The zero-order valence-electron chi connectivity index (χ0n) is 15.4. The van der Waals surface area contributed by atoms with Gasteiger partial charge in [0, 0.05) is 34.8 Å². The summed E-state index contributed by atoms with van der Waals surface area (Å²) >= 11 is 6.31. The largest absolute Gasteiger partial charge is 0.411 e. The van der Waals surface area contributed by atoms with E-state index in [9.17, 15) is 8.78 Å². The molecule has 156 valence electrons. The Morgan fingerprint density at radius 1 is 1.17 bits per heavy atom. The molecule has 0 spiro atoms. The number of hydrogen-bond acceptors (Lipinski definition) is 8. The van der Waals surface area contributed by atoms with Gasteiger partial charge in [0.15, 0.2) is 5.82 Å². The normalized spacial score (nSPS) is 11.5. The number of nitrogens with zero attached hydrogens (tertiary/aromatic N) is 6. The number of aromatic amines is 1. The zero-order valence-corrected chi connectivity index (χ0v) is 18.6. The van der Waals surface area contributed by atoms with Gasteiger partial charge in [0.25, 0.3) is 17.5 Å². The quantitative estimate of drug-likeness (QED) is 0.264. The summed E-state index contributed by atoms with van der Waals surface area (Å²) in [7, 11) is 1.56. The van der Waals surface area contributed by atoms with E-state index in [1.807, 2.05) is 24.3 Å². The molecule has 0 saturated carbocycles. The van der Waals surface area contributed by atoms with Crippen molar-refractivity contribution in [2.75, 3.05) is 11.5 Å². The third-order valence-electron chi connectivity index (χ3n) is 3.83. The van der Waals surface area contributed by atoms with Crippen LogP contribution >= 0.6 is 39.5 Å². The predicted molar refractivity (Wildman–Crippen MR) is 112 cm³/mol. The molecule has 8 nitrogen and oxygen atoms in total. The molecule has 3 heterocycles. The van der Waals surface area contributed by atoms with E-state index in [0.717, 1.165) is 10.0 Å². The number of rotatable bonds is 8. The van der Waals surface area contributed by atoms with Crippen LogP contribution in [-0.4, -0.2) is 46.7 Å². The Labute approximate surface area is 186 Å². The fourth-order valence-electron chi connectivity index (χ4n) is 2.56. The highest BCUT2D eigenvalue weighted by atomic mass is 79.9. The molecule has 1 N–H and O–H groups in total. The van der Waals surface area contributed by atoms with Gasteiger partial charge < -0.3 is 4.42 Å². The second kappa shape index (κ2) is 9.27. The first-order valence-corrected chi connectivity index (χ1v) is 11.4. The van der Waals surface area contributed by atoms with E-state index in [2.05, 4.69) is 46.4 Å². The van der Waals surface area contributed by atoms with Crippen molar-refractivity contribution in [3.8, 4) is 22.8 Å². The standard InChI is InChI=1S/C17H14BrF2N7OS2/c1-27-8-10(12(26-27)13(19)20)15-23-25-17(28-15)30-7-6-29-16-21-14(22-24-16)9-4-2-3-5-11(9)18/h2-5,8,13H,6-7H2,1H3,(H,21,22,24). The van der Waals surface area contributed by atoms with E-state index >= 15 is 0 Å². The third-order valence-corrected chi connectivity index (χ3v) is 6.45. The number of hydrogen-bond donors (Lipinski definition) is 1. The fraction of sp³-hybridized carbons (Fsp3) is 0.235. The first-order valence-electron chi connectivity index (χ1n) is 8.59. The minimum atomic E-state index is -2.72. The highest BCUT2D eigenvalue weighted by Crippen LogP contribution is 2.31. The number of aryl methyl sites for hydroxylation is 1. The molecule has 13 heteroatoms. The average Bonchev–Trinajstić information content (AvgIpc) is 3.45. The molecular weight excluding hydrogens is 500 g/mol. The van der Waals surface area contributed by atoms with Gasteiger partial charge in [-0.2, -0.15) is 5.10 Å². The molecule has 3 aromatic heterocycles.